The number of amides is 1. The van der Waals surface area contributed by atoms with Crippen molar-refractivity contribution in [3.63, 3.8) is 0 Å². The lowest BCUT2D eigenvalue weighted by Gasteiger charge is -2.34. The van der Waals surface area contributed by atoms with Crippen molar-refractivity contribution in [2.24, 2.45) is 5.73 Å². The Labute approximate surface area is 217 Å². The fourth-order valence-corrected chi connectivity index (χ4v) is 4.65. The van der Waals surface area contributed by atoms with E-state index in [1.807, 2.05) is 0 Å². The first-order chi connectivity index (χ1) is 18.1. The summed E-state index contributed by atoms with van der Waals surface area (Å²) in [5.41, 5.74) is 6.51. The number of carbonyl (C=O) groups excluding carboxylic acids is 1. The molecule has 0 saturated carbocycles. The Kier molecular flexibility index (Phi) is 9.58. The van der Waals surface area contributed by atoms with Gasteiger partial charge < -0.3 is 31.2 Å². The van der Waals surface area contributed by atoms with Crippen LogP contribution in [-0.4, -0.2) is 108 Å². The summed E-state index contributed by atoms with van der Waals surface area (Å²) >= 11 is 0. The lowest BCUT2D eigenvalue weighted by Crippen LogP contribution is -2.48. The van der Waals surface area contributed by atoms with Crippen LogP contribution in [0.1, 0.15) is 41.7 Å². The minimum Gasteiger partial charge on any atom is -0.476 e. The van der Waals surface area contributed by atoms with Crippen LogP contribution in [0.25, 0.3) is 0 Å². The second-order valence-electron chi connectivity index (χ2n) is 9.31. The van der Waals surface area contributed by atoms with Crippen molar-refractivity contribution < 1.29 is 14.6 Å². The standard InChI is InChI=1S/C25H37N9O3/c26-17-20-22(23(27)36)24(31-25(30-20)34-7-3-1-2-4-8-34)29-19-5-6-21(28-18-19)37-16-14-33-11-9-32(10-12-33)13-15-35/h5-6,17-18,26,35H,1-4,7-16H2,(H2,27,36)(H,29,30,31). The number of primary amides is 1. The van der Waals surface area contributed by atoms with Crippen molar-refractivity contribution in [1.82, 2.24) is 24.8 Å². The predicted octanol–water partition coefficient (Wildman–Crippen LogP) is 1.08. The van der Waals surface area contributed by atoms with E-state index in [9.17, 15) is 4.79 Å². The van der Waals surface area contributed by atoms with Crippen molar-refractivity contribution in [2.45, 2.75) is 25.7 Å². The van der Waals surface area contributed by atoms with E-state index in [1.165, 1.54) is 12.8 Å². The first kappa shape index (κ1) is 26.7. The van der Waals surface area contributed by atoms with Gasteiger partial charge in [0.1, 0.15) is 23.7 Å². The molecular weight excluding hydrogens is 474 g/mol. The van der Waals surface area contributed by atoms with Crippen LogP contribution in [0.5, 0.6) is 5.88 Å². The van der Waals surface area contributed by atoms with Crippen LogP contribution in [-0.2, 0) is 0 Å². The molecule has 0 aromatic carbocycles. The van der Waals surface area contributed by atoms with Crippen molar-refractivity contribution in [2.75, 3.05) is 75.8 Å². The number of nitrogens with zero attached hydrogens (tertiary/aromatic N) is 6. The molecule has 37 heavy (non-hydrogen) atoms. The molecular formula is C25H37N9O3. The molecule has 2 aromatic heterocycles. The number of aromatic nitrogens is 3. The van der Waals surface area contributed by atoms with Crippen molar-refractivity contribution >= 4 is 29.6 Å². The predicted molar refractivity (Wildman–Crippen MR) is 142 cm³/mol. The molecule has 2 aliphatic rings. The number of rotatable bonds is 11. The van der Waals surface area contributed by atoms with Gasteiger partial charge in [0.05, 0.1) is 18.5 Å². The summed E-state index contributed by atoms with van der Waals surface area (Å²) in [6.07, 6.45) is 7.09. The van der Waals surface area contributed by atoms with Gasteiger partial charge in [0.15, 0.2) is 0 Å². The summed E-state index contributed by atoms with van der Waals surface area (Å²) in [6, 6.07) is 3.57. The van der Waals surface area contributed by atoms with Crippen LogP contribution in [0, 0.1) is 5.41 Å². The summed E-state index contributed by atoms with van der Waals surface area (Å²) in [5.74, 6) is 0.551. The molecule has 5 N–H and O–H groups in total. The first-order valence-corrected chi connectivity index (χ1v) is 13.0. The van der Waals surface area contributed by atoms with Crippen LogP contribution in [0.15, 0.2) is 18.3 Å². The van der Waals surface area contributed by atoms with Gasteiger partial charge in [-0.3, -0.25) is 14.6 Å². The molecule has 0 radical (unpaired) electrons. The number of hydrogen-bond donors (Lipinski definition) is 4. The Bertz CT molecular complexity index is 1030. The smallest absolute Gasteiger partial charge is 0.254 e. The van der Waals surface area contributed by atoms with E-state index in [4.69, 9.17) is 21.0 Å². The monoisotopic (exact) mass is 511 g/mol. The van der Waals surface area contributed by atoms with Crippen LogP contribution < -0.4 is 20.7 Å². The van der Waals surface area contributed by atoms with E-state index in [1.54, 1.807) is 18.3 Å². The molecule has 0 atom stereocenters. The third-order valence-corrected chi connectivity index (χ3v) is 6.73. The number of pyridine rings is 1. The van der Waals surface area contributed by atoms with Gasteiger partial charge >= 0.3 is 0 Å². The van der Waals surface area contributed by atoms with Crippen molar-refractivity contribution in [3.05, 3.63) is 29.6 Å². The van der Waals surface area contributed by atoms with E-state index in [-0.39, 0.29) is 23.7 Å². The minimum atomic E-state index is -0.700. The molecule has 0 bridgehead atoms. The maximum atomic E-state index is 12.2. The van der Waals surface area contributed by atoms with Gasteiger partial charge in [0, 0.05) is 64.6 Å². The molecule has 12 heteroatoms. The Morgan fingerprint density at radius 2 is 1.76 bits per heavy atom. The highest BCUT2D eigenvalue weighted by molar-refractivity contribution is 6.04. The number of hydrogen-bond acceptors (Lipinski definition) is 11. The van der Waals surface area contributed by atoms with Gasteiger partial charge in [-0.15, -0.1) is 0 Å². The highest BCUT2D eigenvalue weighted by Crippen LogP contribution is 2.25. The average Bonchev–Trinajstić information content (AvgIpc) is 3.20. The molecule has 4 heterocycles. The lowest BCUT2D eigenvalue weighted by atomic mass is 10.2. The maximum Gasteiger partial charge on any atom is 0.254 e. The molecule has 2 aromatic rings. The Morgan fingerprint density at radius 1 is 1.05 bits per heavy atom. The van der Waals surface area contributed by atoms with Crippen molar-refractivity contribution in [3.8, 4) is 5.88 Å². The van der Waals surface area contributed by atoms with Gasteiger partial charge in [0.2, 0.25) is 11.8 Å². The highest BCUT2D eigenvalue weighted by atomic mass is 16.5. The topological polar surface area (TPSA) is 157 Å². The summed E-state index contributed by atoms with van der Waals surface area (Å²) in [6.45, 7) is 7.75. The minimum absolute atomic E-state index is 0.0768. The van der Waals surface area contributed by atoms with Crippen LogP contribution >= 0.6 is 0 Å². The number of anilines is 3. The molecule has 0 aliphatic carbocycles. The second-order valence-corrected chi connectivity index (χ2v) is 9.31. The quantitative estimate of drug-likeness (QED) is 0.322. The zero-order valence-corrected chi connectivity index (χ0v) is 21.2. The fourth-order valence-electron chi connectivity index (χ4n) is 4.65. The van der Waals surface area contributed by atoms with Gasteiger partial charge in [-0.1, -0.05) is 12.8 Å². The molecule has 2 aliphatic heterocycles. The van der Waals surface area contributed by atoms with E-state index < -0.39 is 5.91 Å². The third-order valence-electron chi connectivity index (χ3n) is 6.73. The van der Waals surface area contributed by atoms with E-state index in [0.717, 1.165) is 71.4 Å². The Balaban J connectivity index is 1.39. The van der Waals surface area contributed by atoms with Crippen molar-refractivity contribution in [1.29, 1.82) is 5.41 Å². The van der Waals surface area contributed by atoms with Gasteiger partial charge in [-0.2, -0.15) is 4.98 Å². The summed E-state index contributed by atoms with van der Waals surface area (Å²) in [5, 5.41) is 20.0. The molecule has 4 rings (SSSR count). The Hall–Kier alpha value is -3.35. The van der Waals surface area contributed by atoms with E-state index in [2.05, 4.69) is 35.0 Å². The summed E-state index contributed by atoms with van der Waals surface area (Å²) in [4.78, 5) is 32.4. The zero-order valence-electron chi connectivity index (χ0n) is 21.2. The lowest BCUT2D eigenvalue weighted by molar-refractivity contribution is 0.100. The van der Waals surface area contributed by atoms with Gasteiger partial charge in [0.25, 0.3) is 5.91 Å². The zero-order chi connectivity index (χ0) is 26.0. The molecule has 200 valence electrons. The number of aliphatic hydroxyl groups is 1. The molecule has 2 saturated heterocycles. The number of carbonyl (C=O) groups is 1. The number of β-amino-alcohol motifs (C(OH)–C–C–N with tert-alkyl or cyclic N) is 1. The van der Waals surface area contributed by atoms with E-state index in [0.29, 0.717) is 24.1 Å². The molecule has 0 unspecified atom stereocenters. The normalized spacial score (nSPS) is 17.3. The molecule has 0 spiro atoms. The molecule has 2 fully saturated rings. The van der Waals surface area contributed by atoms with Crippen LogP contribution in [0.3, 0.4) is 0 Å². The van der Waals surface area contributed by atoms with Crippen LogP contribution in [0.2, 0.25) is 0 Å². The van der Waals surface area contributed by atoms with Gasteiger partial charge in [-0.05, 0) is 18.9 Å². The molecule has 1 amide bonds. The Morgan fingerprint density at radius 3 is 2.35 bits per heavy atom. The highest BCUT2D eigenvalue weighted by Gasteiger charge is 2.22. The maximum absolute atomic E-state index is 12.2. The molecule has 12 nitrogen and oxygen atoms in total. The SMILES string of the molecule is N=Cc1nc(N2CCCCCC2)nc(Nc2ccc(OCCN3CCN(CCO)CC3)nc2)c1C(N)=O. The number of nitrogens with two attached hydrogens (primary N) is 1. The van der Waals surface area contributed by atoms with Crippen LogP contribution in [0.4, 0.5) is 17.5 Å². The van der Waals surface area contributed by atoms with Gasteiger partial charge in [-0.25, -0.2) is 9.97 Å². The largest absolute Gasteiger partial charge is 0.476 e. The third kappa shape index (κ3) is 7.34. The fraction of sp³-hybridized carbons (Fsp3) is 0.560. The van der Waals surface area contributed by atoms with E-state index >= 15 is 0 Å². The number of aliphatic hydroxyl groups excluding tert-OH is 1. The summed E-state index contributed by atoms with van der Waals surface area (Å²) < 4.78 is 5.83. The summed E-state index contributed by atoms with van der Waals surface area (Å²) in [7, 11) is 0. The number of nitrogens with one attached hydrogen (secondary N) is 2. The number of ether oxygens (including phenoxy) is 1. The first-order valence-electron chi connectivity index (χ1n) is 13.0. The number of piperazine rings is 1. The second kappa shape index (κ2) is 13.3. The average molecular weight is 512 g/mol.